The largest absolute Gasteiger partial charge is 0.315 e. The van der Waals surface area contributed by atoms with Gasteiger partial charge in [0.25, 0.3) is 0 Å². The van der Waals surface area contributed by atoms with Gasteiger partial charge in [-0.2, -0.15) is 5.10 Å². The number of aryl methyl sites for hydroxylation is 1. The molecule has 0 fully saturated rings. The van der Waals surface area contributed by atoms with Gasteiger partial charge in [0.2, 0.25) is 0 Å². The van der Waals surface area contributed by atoms with Gasteiger partial charge in [-0.3, -0.25) is 4.68 Å². The summed E-state index contributed by atoms with van der Waals surface area (Å²) < 4.78 is 1.98. The van der Waals surface area contributed by atoms with Gasteiger partial charge in [0, 0.05) is 24.3 Å². The van der Waals surface area contributed by atoms with E-state index in [9.17, 15) is 0 Å². The summed E-state index contributed by atoms with van der Waals surface area (Å²) in [6.07, 6.45) is 5.11. The molecule has 0 radical (unpaired) electrons. The van der Waals surface area contributed by atoms with Crippen LogP contribution in [0.5, 0.6) is 0 Å². The maximum atomic E-state index is 4.32. The summed E-state index contributed by atoms with van der Waals surface area (Å²) >= 11 is 0. The maximum absolute atomic E-state index is 4.32. The first kappa shape index (κ1) is 14.2. The minimum Gasteiger partial charge on any atom is -0.315 e. The molecule has 17 heavy (non-hydrogen) atoms. The fraction of sp³-hybridized carbons (Fsp3) is 0.769. The summed E-state index contributed by atoms with van der Waals surface area (Å²) in [6, 6.07) is 0.409. The van der Waals surface area contributed by atoms with Crippen LogP contribution in [0.25, 0.3) is 0 Å². The summed E-state index contributed by atoms with van der Waals surface area (Å²) in [5, 5.41) is 7.74. The van der Waals surface area contributed by atoms with E-state index in [0.717, 1.165) is 13.0 Å². The van der Waals surface area contributed by atoms with Crippen molar-refractivity contribution in [3.63, 3.8) is 0 Å². The highest BCUT2D eigenvalue weighted by Gasteiger charge is 2.30. The first-order valence-electron chi connectivity index (χ1n) is 6.27. The third kappa shape index (κ3) is 3.30. The number of aromatic nitrogens is 2. The van der Waals surface area contributed by atoms with Crippen LogP contribution in [0, 0.1) is 0 Å². The van der Waals surface area contributed by atoms with E-state index in [2.05, 4.69) is 56.4 Å². The average molecular weight is 238 g/mol. The second-order valence-electron chi connectivity index (χ2n) is 5.30. The molecule has 0 spiro atoms. The van der Waals surface area contributed by atoms with E-state index in [1.807, 2.05) is 17.9 Å². The van der Waals surface area contributed by atoms with E-state index >= 15 is 0 Å². The van der Waals surface area contributed by atoms with Crippen LogP contribution in [0.3, 0.4) is 0 Å². The Hall–Kier alpha value is -0.870. The highest BCUT2D eigenvalue weighted by atomic mass is 15.3. The Morgan fingerprint density at radius 2 is 2.12 bits per heavy atom. The summed E-state index contributed by atoms with van der Waals surface area (Å²) in [7, 11) is 6.28. The molecule has 1 unspecified atom stereocenters. The monoisotopic (exact) mass is 238 g/mol. The third-order valence-corrected chi connectivity index (χ3v) is 3.80. The smallest absolute Gasteiger partial charge is 0.0522 e. The van der Waals surface area contributed by atoms with Crippen LogP contribution in [-0.4, -0.2) is 47.4 Å². The fourth-order valence-corrected chi connectivity index (χ4v) is 1.94. The van der Waals surface area contributed by atoms with E-state index in [1.54, 1.807) is 0 Å². The van der Waals surface area contributed by atoms with E-state index in [4.69, 9.17) is 0 Å². The summed E-state index contributed by atoms with van der Waals surface area (Å²) in [5.74, 6) is 0. The van der Waals surface area contributed by atoms with Crippen molar-refractivity contribution in [1.82, 2.24) is 20.0 Å². The molecule has 0 aliphatic heterocycles. The Labute approximate surface area is 105 Å². The lowest BCUT2D eigenvalue weighted by atomic mass is 9.89. The Morgan fingerprint density at radius 3 is 2.53 bits per heavy atom. The van der Waals surface area contributed by atoms with Crippen LogP contribution in [0.4, 0.5) is 0 Å². The molecule has 4 nitrogen and oxygen atoms in total. The van der Waals surface area contributed by atoms with Crippen molar-refractivity contribution in [2.75, 3.05) is 21.1 Å². The van der Waals surface area contributed by atoms with Gasteiger partial charge in [0.1, 0.15) is 0 Å². The van der Waals surface area contributed by atoms with E-state index in [1.165, 1.54) is 5.56 Å². The van der Waals surface area contributed by atoms with Gasteiger partial charge in [-0.15, -0.1) is 0 Å². The first-order valence-corrected chi connectivity index (χ1v) is 6.27. The topological polar surface area (TPSA) is 33.1 Å². The molecule has 0 aliphatic rings. The molecule has 1 aromatic rings. The molecule has 0 bridgehead atoms. The van der Waals surface area contributed by atoms with Crippen molar-refractivity contribution in [3.8, 4) is 0 Å². The molecule has 0 aliphatic carbocycles. The Bertz CT molecular complexity index is 341. The molecule has 1 N–H and O–H groups in total. The van der Waals surface area contributed by atoms with Crippen molar-refractivity contribution in [2.45, 2.75) is 45.3 Å². The molecule has 1 atom stereocenters. The lowest BCUT2D eigenvalue weighted by molar-refractivity contribution is 0.141. The highest BCUT2D eigenvalue weighted by Crippen LogP contribution is 2.19. The van der Waals surface area contributed by atoms with Crippen LogP contribution in [0.2, 0.25) is 0 Å². The van der Waals surface area contributed by atoms with E-state index in [0.29, 0.717) is 6.04 Å². The second-order valence-corrected chi connectivity index (χ2v) is 5.30. The molecule has 0 amide bonds. The number of nitrogens with zero attached hydrogens (tertiary/aromatic N) is 3. The van der Waals surface area contributed by atoms with Crippen molar-refractivity contribution >= 4 is 0 Å². The van der Waals surface area contributed by atoms with Crippen molar-refractivity contribution in [2.24, 2.45) is 0 Å². The standard InChI is InChI=1S/C13H26N4/c1-7-17-10-11(9-15-17)8-12(14-4)13(2,3)16(5)6/h9-10,12,14H,7-8H2,1-6H3. The molecular formula is C13H26N4. The van der Waals surface area contributed by atoms with Gasteiger partial charge in [0.05, 0.1) is 6.20 Å². The molecule has 0 aromatic carbocycles. The number of hydrogen-bond donors (Lipinski definition) is 1. The van der Waals surface area contributed by atoms with Crippen LogP contribution < -0.4 is 5.32 Å². The lowest BCUT2D eigenvalue weighted by Gasteiger charge is -2.40. The Morgan fingerprint density at radius 1 is 1.47 bits per heavy atom. The SMILES string of the molecule is CCn1cc(CC(NC)C(C)(C)N(C)C)cn1. The molecule has 1 rings (SSSR count). The quantitative estimate of drug-likeness (QED) is 0.812. The van der Waals surface area contributed by atoms with Gasteiger partial charge < -0.3 is 10.2 Å². The van der Waals surface area contributed by atoms with E-state index < -0.39 is 0 Å². The molecule has 4 heteroatoms. The molecular weight excluding hydrogens is 212 g/mol. The zero-order chi connectivity index (χ0) is 13.1. The van der Waals surface area contributed by atoms with Crippen LogP contribution >= 0.6 is 0 Å². The molecule has 0 saturated heterocycles. The summed E-state index contributed by atoms with van der Waals surface area (Å²) in [5.41, 5.74) is 1.41. The minimum atomic E-state index is 0.114. The molecule has 0 saturated carbocycles. The molecule has 1 aromatic heterocycles. The molecule has 98 valence electrons. The normalized spacial score (nSPS) is 14.3. The minimum absolute atomic E-state index is 0.114. The van der Waals surface area contributed by atoms with Crippen LogP contribution in [-0.2, 0) is 13.0 Å². The van der Waals surface area contributed by atoms with Crippen LogP contribution in [0.1, 0.15) is 26.3 Å². The summed E-state index contributed by atoms with van der Waals surface area (Å²) in [6.45, 7) is 7.56. The second kappa shape index (κ2) is 5.65. The Balaban J connectivity index is 2.76. The van der Waals surface area contributed by atoms with Gasteiger partial charge in [-0.25, -0.2) is 0 Å². The van der Waals surface area contributed by atoms with Crippen LogP contribution in [0.15, 0.2) is 12.4 Å². The summed E-state index contributed by atoms with van der Waals surface area (Å²) in [4.78, 5) is 2.26. The predicted octanol–water partition coefficient (Wildman–Crippen LogP) is 1.37. The zero-order valence-corrected chi connectivity index (χ0v) is 12.0. The highest BCUT2D eigenvalue weighted by molar-refractivity contribution is 5.09. The lowest BCUT2D eigenvalue weighted by Crippen LogP contribution is -2.55. The van der Waals surface area contributed by atoms with Crippen molar-refractivity contribution < 1.29 is 0 Å². The number of likely N-dealkylation sites (N-methyl/N-ethyl adjacent to an activating group) is 2. The van der Waals surface area contributed by atoms with Gasteiger partial charge in [-0.05, 0) is 53.9 Å². The Kier molecular flexibility index (Phi) is 4.71. The number of hydrogen-bond acceptors (Lipinski definition) is 3. The van der Waals surface area contributed by atoms with Crippen molar-refractivity contribution in [1.29, 1.82) is 0 Å². The average Bonchev–Trinajstić information content (AvgIpc) is 2.73. The van der Waals surface area contributed by atoms with Gasteiger partial charge in [0.15, 0.2) is 0 Å². The maximum Gasteiger partial charge on any atom is 0.0522 e. The number of nitrogens with one attached hydrogen (secondary N) is 1. The van der Waals surface area contributed by atoms with Crippen molar-refractivity contribution in [3.05, 3.63) is 18.0 Å². The zero-order valence-electron chi connectivity index (χ0n) is 12.0. The van der Waals surface area contributed by atoms with Gasteiger partial charge in [-0.1, -0.05) is 0 Å². The molecule has 1 heterocycles. The fourth-order valence-electron chi connectivity index (χ4n) is 1.94. The van der Waals surface area contributed by atoms with E-state index in [-0.39, 0.29) is 5.54 Å². The third-order valence-electron chi connectivity index (χ3n) is 3.80. The number of rotatable bonds is 6. The first-order chi connectivity index (χ1) is 7.91. The predicted molar refractivity (Wildman–Crippen MR) is 72.2 cm³/mol. The van der Waals surface area contributed by atoms with Gasteiger partial charge >= 0.3 is 0 Å².